The van der Waals surface area contributed by atoms with E-state index in [-0.39, 0.29) is 0 Å². The van der Waals surface area contributed by atoms with E-state index in [0.29, 0.717) is 6.10 Å². The van der Waals surface area contributed by atoms with Crippen LogP contribution in [-0.2, 0) is 4.74 Å². The summed E-state index contributed by atoms with van der Waals surface area (Å²) in [6.45, 7) is 10.3. The number of rotatable bonds is 7. The zero-order valence-electron chi connectivity index (χ0n) is 13.6. The van der Waals surface area contributed by atoms with Crippen LogP contribution in [0.25, 0.3) is 0 Å². The standard InChI is InChI=1S/C17H34N2O/c1-3-12-20-17-8-5-10-19(14-17)11-9-18-16-7-4-6-15(2)13-16/h15-18H,3-14H2,1-2H3. The van der Waals surface area contributed by atoms with Crippen LogP contribution in [0.1, 0.15) is 58.8 Å². The third kappa shape index (κ3) is 5.71. The molecular weight excluding hydrogens is 248 g/mol. The molecule has 0 amide bonds. The molecule has 0 radical (unpaired) electrons. The van der Waals surface area contributed by atoms with Gasteiger partial charge in [-0.1, -0.05) is 26.7 Å². The first-order valence-electron chi connectivity index (χ1n) is 8.85. The van der Waals surface area contributed by atoms with Gasteiger partial charge in [0.15, 0.2) is 0 Å². The van der Waals surface area contributed by atoms with Gasteiger partial charge in [-0.2, -0.15) is 0 Å². The summed E-state index contributed by atoms with van der Waals surface area (Å²) in [6, 6.07) is 0.774. The van der Waals surface area contributed by atoms with Crippen molar-refractivity contribution in [3.8, 4) is 0 Å². The normalized spacial score (nSPS) is 32.4. The molecule has 118 valence electrons. The minimum absolute atomic E-state index is 0.485. The van der Waals surface area contributed by atoms with E-state index in [4.69, 9.17) is 4.74 Å². The molecule has 0 spiro atoms. The average Bonchev–Trinajstić information content (AvgIpc) is 2.46. The minimum Gasteiger partial charge on any atom is -0.377 e. The highest BCUT2D eigenvalue weighted by atomic mass is 16.5. The van der Waals surface area contributed by atoms with E-state index in [2.05, 4.69) is 24.1 Å². The van der Waals surface area contributed by atoms with Crippen LogP contribution in [0.3, 0.4) is 0 Å². The molecule has 0 aromatic carbocycles. The van der Waals surface area contributed by atoms with E-state index in [9.17, 15) is 0 Å². The Morgan fingerprint density at radius 1 is 1.20 bits per heavy atom. The third-order valence-corrected chi connectivity index (χ3v) is 4.82. The number of nitrogens with one attached hydrogen (secondary N) is 1. The van der Waals surface area contributed by atoms with Crippen LogP contribution in [0.15, 0.2) is 0 Å². The van der Waals surface area contributed by atoms with Gasteiger partial charge in [0.05, 0.1) is 6.10 Å². The second-order valence-electron chi connectivity index (χ2n) is 6.86. The molecule has 3 heteroatoms. The zero-order chi connectivity index (χ0) is 14.2. The van der Waals surface area contributed by atoms with E-state index in [1.165, 1.54) is 51.6 Å². The molecule has 3 nitrogen and oxygen atoms in total. The molecule has 20 heavy (non-hydrogen) atoms. The first-order chi connectivity index (χ1) is 9.78. The van der Waals surface area contributed by atoms with Crippen LogP contribution in [0, 0.1) is 5.92 Å². The number of hydrogen-bond donors (Lipinski definition) is 1. The Bertz CT molecular complexity index is 259. The lowest BCUT2D eigenvalue weighted by Crippen LogP contribution is -2.44. The fourth-order valence-corrected chi connectivity index (χ4v) is 3.68. The van der Waals surface area contributed by atoms with Crippen LogP contribution >= 0.6 is 0 Å². The van der Waals surface area contributed by atoms with Crippen LogP contribution in [0.5, 0.6) is 0 Å². The van der Waals surface area contributed by atoms with Crippen LogP contribution in [0.2, 0.25) is 0 Å². The van der Waals surface area contributed by atoms with Gasteiger partial charge >= 0.3 is 0 Å². The molecule has 0 aromatic rings. The lowest BCUT2D eigenvalue weighted by atomic mass is 9.87. The van der Waals surface area contributed by atoms with Gasteiger partial charge in [0.25, 0.3) is 0 Å². The van der Waals surface area contributed by atoms with E-state index in [1.54, 1.807) is 0 Å². The first kappa shape index (κ1) is 16.3. The number of likely N-dealkylation sites (tertiary alicyclic amines) is 1. The summed E-state index contributed by atoms with van der Waals surface area (Å²) in [7, 11) is 0. The van der Waals surface area contributed by atoms with Gasteiger partial charge in [0, 0.05) is 32.3 Å². The Kier molecular flexibility index (Phi) is 7.32. The fourth-order valence-electron chi connectivity index (χ4n) is 3.68. The van der Waals surface area contributed by atoms with E-state index < -0.39 is 0 Å². The average molecular weight is 282 g/mol. The highest BCUT2D eigenvalue weighted by Crippen LogP contribution is 2.23. The summed E-state index contributed by atoms with van der Waals surface area (Å²) in [5, 5.41) is 3.77. The summed E-state index contributed by atoms with van der Waals surface area (Å²) in [6.07, 6.45) is 9.78. The summed E-state index contributed by atoms with van der Waals surface area (Å²) in [5.41, 5.74) is 0. The first-order valence-corrected chi connectivity index (χ1v) is 8.85. The van der Waals surface area contributed by atoms with Gasteiger partial charge in [-0.15, -0.1) is 0 Å². The molecular formula is C17H34N2O. The SMILES string of the molecule is CCCOC1CCCN(CCNC2CCCC(C)C2)C1. The third-order valence-electron chi connectivity index (χ3n) is 4.82. The lowest BCUT2D eigenvalue weighted by Gasteiger charge is -2.33. The van der Waals surface area contributed by atoms with Crippen LogP contribution in [-0.4, -0.2) is 49.8 Å². The maximum absolute atomic E-state index is 5.91. The van der Waals surface area contributed by atoms with Crippen molar-refractivity contribution in [1.82, 2.24) is 10.2 Å². The summed E-state index contributed by atoms with van der Waals surface area (Å²) in [5.74, 6) is 0.920. The number of piperidine rings is 1. The second-order valence-corrected chi connectivity index (χ2v) is 6.86. The molecule has 2 rings (SSSR count). The Morgan fingerprint density at radius 3 is 2.90 bits per heavy atom. The number of ether oxygens (including phenoxy) is 1. The zero-order valence-corrected chi connectivity index (χ0v) is 13.6. The predicted octanol–water partition coefficient (Wildman–Crippen LogP) is 3.05. The predicted molar refractivity (Wildman–Crippen MR) is 85.1 cm³/mol. The molecule has 1 heterocycles. The van der Waals surface area contributed by atoms with Crippen molar-refractivity contribution in [2.75, 3.05) is 32.8 Å². The molecule has 2 aliphatic rings. The van der Waals surface area contributed by atoms with Crippen LogP contribution < -0.4 is 5.32 Å². The Morgan fingerprint density at radius 2 is 2.10 bits per heavy atom. The van der Waals surface area contributed by atoms with Gasteiger partial charge in [-0.25, -0.2) is 0 Å². The number of hydrogen-bond acceptors (Lipinski definition) is 3. The summed E-state index contributed by atoms with van der Waals surface area (Å²) < 4.78 is 5.91. The summed E-state index contributed by atoms with van der Waals surface area (Å²) >= 11 is 0. The number of nitrogens with zero attached hydrogens (tertiary/aromatic N) is 1. The fraction of sp³-hybridized carbons (Fsp3) is 1.00. The van der Waals surface area contributed by atoms with Crippen molar-refractivity contribution in [2.45, 2.75) is 70.9 Å². The molecule has 2 fully saturated rings. The summed E-state index contributed by atoms with van der Waals surface area (Å²) in [4.78, 5) is 2.59. The van der Waals surface area contributed by atoms with Crippen molar-refractivity contribution in [1.29, 1.82) is 0 Å². The van der Waals surface area contributed by atoms with Crippen molar-refractivity contribution in [3.05, 3.63) is 0 Å². The molecule has 0 aromatic heterocycles. The molecule has 1 saturated carbocycles. The molecule has 1 aliphatic carbocycles. The van der Waals surface area contributed by atoms with Gasteiger partial charge in [-0.05, 0) is 44.6 Å². The minimum atomic E-state index is 0.485. The molecule has 1 N–H and O–H groups in total. The van der Waals surface area contributed by atoms with Crippen molar-refractivity contribution in [3.63, 3.8) is 0 Å². The quantitative estimate of drug-likeness (QED) is 0.777. The Labute approximate surface area is 125 Å². The molecule has 3 unspecified atom stereocenters. The van der Waals surface area contributed by atoms with Crippen LogP contribution in [0.4, 0.5) is 0 Å². The largest absolute Gasteiger partial charge is 0.377 e. The van der Waals surface area contributed by atoms with E-state index in [1.807, 2.05) is 0 Å². The van der Waals surface area contributed by atoms with Gasteiger partial charge in [-0.3, -0.25) is 4.90 Å². The Hall–Kier alpha value is -0.120. The maximum atomic E-state index is 5.91. The Balaban J connectivity index is 1.58. The molecule has 1 saturated heterocycles. The van der Waals surface area contributed by atoms with Gasteiger partial charge < -0.3 is 10.1 Å². The topological polar surface area (TPSA) is 24.5 Å². The molecule has 0 bridgehead atoms. The maximum Gasteiger partial charge on any atom is 0.0702 e. The lowest BCUT2D eigenvalue weighted by molar-refractivity contribution is 0.000130. The smallest absolute Gasteiger partial charge is 0.0702 e. The van der Waals surface area contributed by atoms with Crippen molar-refractivity contribution >= 4 is 0 Å². The highest BCUT2D eigenvalue weighted by Gasteiger charge is 2.21. The molecule has 1 aliphatic heterocycles. The van der Waals surface area contributed by atoms with E-state index in [0.717, 1.165) is 38.1 Å². The van der Waals surface area contributed by atoms with E-state index >= 15 is 0 Å². The van der Waals surface area contributed by atoms with Gasteiger partial charge in [0.1, 0.15) is 0 Å². The highest BCUT2D eigenvalue weighted by molar-refractivity contribution is 4.78. The van der Waals surface area contributed by atoms with Crippen molar-refractivity contribution in [2.24, 2.45) is 5.92 Å². The van der Waals surface area contributed by atoms with Gasteiger partial charge in [0.2, 0.25) is 0 Å². The van der Waals surface area contributed by atoms with Crippen molar-refractivity contribution < 1.29 is 4.74 Å². The molecule has 3 atom stereocenters. The monoisotopic (exact) mass is 282 g/mol. The second kappa shape index (κ2) is 9.01.